The van der Waals surface area contributed by atoms with E-state index in [2.05, 4.69) is 20.5 Å². The summed E-state index contributed by atoms with van der Waals surface area (Å²) in [5.41, 5.74) is 7.85. The number of hydrogen-bond donors (Lipinski definition) is 2. The molecule has 2 aromatic carbocycles. The average Bonchev–Trinajstić information content (AvgIpc) is 3.61. The molecule has 8 nitrogen and oxygen atoms in total. The van der Waals surface area contributed by atoms with Crippen LogP contribution in [0, 0.1) is 17.2 Å². The van der Waals surface area contributed by atoms with Crippen LogP contribution < -0.4 is 5.73 Å². The summed E-state index contributed by atoms with van der Waals surface area (Å²) < 4.78 is 45.4. The Labute approximate surface area is 204 Å². The van der Waals surface area contributed by atoms with E-state index in [1.165, 1.54) is 12.1 Å². The molecule has 2 aromatic heterocycles. The van der Waals surface area contributed by atoms with E-state index >= 15 is 0 Å². The van der Waals surface area contributed by atoms with Gasteiger partial charge in [-0.1, -0.05) is 53.2 Å². The number of nitrogens with one attached hydrogen (secondary N) is 1. The Morgan fingerprint density at radius 3 is 2.47 bits per heavy atom. The molecular formula is C25H24F3N7O. The lowest BCUT2D eigenvalue weighted by molar-refractivity contribution is -0.137. The van der Waals surface area contributed by atoms with Crippen molar-refractivity contribution in [1.29, 1.82) is 5.41 Å². The predicted molar refractivity (Wildman–Crippen MR) is 126 cm³/mol. The van der Waals surface area contributed by atoms with Crippen LogP contribution in [-0.4, -0.2) is 31.0 Å². The first-order valence-corrected chi connectivity index (χ1v) is 11.6. The summed E-state index contributed by atoms with van der Waals surface area (Å²) in [5.74, 6) is 1.61. The van der Waals surface area contributed by atoms with Gasteiger partial charge in [-0.3, -0.25) is 5.41 Å². The standard InChI is InChI=1S/C25H24F3N7O/c26-25(27,28)19-10-8-16(9-11-19)21-14-35(34-32-21)13-15-4-6-17(7-5-15)24-31-22(36-33-24)12-18-2-1-3-20(18)23(29)30/h4-11,14,18,20H,1-3,12-13H2,(H3,29,30). The zero-order valence-electron chi connectivity index (χ0n) is 19.2. The maximum absolute atomic E-state index is 12.8. The minimum atomic E-state index is -4.38. The van der Waals surface area contributed by atoms with Gasteiger partial charge in [0.15, 0.2) is 0 Å². The first-order chi connectivity index (χ1) is 17.3. The number of rotatable bonds is 7. The van der Waals surface area contributed by atoms with Gasteiger partial charge < -0.3 is 10.3 Å². The molecule has 4 aromatic rings. The topological polar surface area (TPSA) is 120 Å². The fraction of sp³-hybridized carbons (Fsp3) is 0.320. The highest BCUT2D eigenvalue weighted by molar-refractivity contribution is 5.80. The number of benzene rings is 2. The van der Waals surface area contributed by atoms with E-state index in [9.17, 15) is 13.2 Å². The highest BCUT2D eigenvalue weighted by Crippen LogP contribution is 2.34. The van der Waals surface area contributed by atoms with Gasteiger partial charge in [-0.05, 0) is 36.5 Å². The second-order valence-electron chi connectivity index (χ2n) is 9.04. The van der Waals surface area contributed by atoms with Crippen molar-refractivity contribution < 1.29 is 17.7 Å². The first-order valence-electron chi connectivity index (χ1n) is 11.6. The lowest BCUT2D eigenvalue weighted by Crippen LogP contribution is -2.26. The van der Waals surface area contributed by atoms with Crippen molar-refractivity contribution in [3.63, 3.8) is 0 Å². The Morgan fingerprint density at radius 1 is 1.06 bits per heavy atom. The smallest absolute Gasteiger partial charge is 0.387 e. The molecule has 1 fully saturated rings. The summed E-state index contributed by atoms with van der Waals surface area (Å²) in [4.78, 5) is 4.52. The van der Waals surface area contributed by atoms with Gasteiger partial charge in [-0.2, -0.15) is 18.2 Å². The Bertz CT molecular complexity index is 1340. The fourth-order valence-electron chi connectivity index (χ4n) is 4.65. The Balaban J connectivity index is 1.22. The largest absolute Gasteiger partial charge is 0.416 e. The number of amidine groups is 1. The highest BCUT2D eigenvalue weighted by Gasteiger charge is 2.31. The van der Waals surface area contributed by atoms with Gasteiger partial charge in [0.2, 0.25) is 11.7 Å². The average molecular weight is 496 g/mol. The van der Waals surface area contributed by atoms with E-state index in [4.69, 9.17) is 15.7 Å². The van der Waals surface area contributed by atoms with Gasteiger partial charge in [0.1, 0.15) is 5.69 Å². The maximum Gasteiger partial charge on any atom is 0.416 e. The molecule has 1 saturated carbocycles. The molecule has 0 spiro atoms. The summed E-state index contributed by atoms with van der Waals surface area (Å²) in [6.07, 6.45) is 0.913. The van der Waals surface area contributed by atoms with Gasteiger partial charge in [-0.15, -0.1) is 5.10 Å². The molecule has 0 bridgehead atoms. The van der Waals surface area contributed by atoms with E-state index in [-0.39, 0.29) is 17.7 Å². The summed E-state index contributed by atoms with van der Waals surface area (Å²) in [6, 6.07) is 12.5. The molecule has 5 rings (SSSR count). The Kier molecular flexibility index (Phi) is 6.29. The van der Waals surface area contributed by atoms with Crippen molar-refractivity contribution in [1.82, 2.24) is 25.1 Å². The van der Waals surface area contributed by atoms with Crippen LogP contribution in [0.5, 0.6) is 0 Å². The second-order valence-corrected chi connectivity index (χ2v) is 9.04. The van der Waals surface area contributed by atoms with Crippen LogP contribution >= 0.6 is 0 Å². The van der Waals surface area contributed by atoms with Crippen LogP contribution in [0.4, 0.5) is 13.2 Å². The quantitative estimate of drug-likeness (QED) is 0.276. The van der Waals surface area contributed by atoms with E-state index in [0.29, 0.717) is 35.9 Å². The van der Waals surface area contributed by atoms with Crippen molar-refractivity contribution in [2.45, 2.75) is 38.4 Å². The van der Waals surface area contributed by atoms with E-state index in [1.807, 2.05) is 24.3 Å². The van der Waals surface area contributed by atoms with Crippen molar-refractivity contribution in [2.24, 2.45) is 17.6 Å². The Morgan fingerprint density at radius 2 is 1.78 bits per heavy atom. The van der Waals surface area contributed by atoms with Crippen LogP contribution in [0.2, 0.25) is 0 Å². The molecule has 36 heavy (non-hydrogen) atoms. The summed E-state index contributed by atoms with van der Waals surface area (Å²) in [5, 5.41) is 20.0. The molecule has 11 heteroatoms. The number of hydrogen-bond acceptors (Lipinski definition) is 6. The molecule has 0 aliphatic heterocycles. The monoisotopic (exact) mass is 495 g/mol. The third kappa shape index (κ3) is 5.14. The molecule has 186 valence electrons. The van der Waals surface area contributed by atoms with Crippen molar-refractivity contribution >= 4 is 5.84 Å². The summed E-state index contributed by atoms with van der Waals surface area (Å²) in [6.45, 7) is 0.444. The van der Waals surface area contributed by atoms with Crippen LogP contribution in [0.25, 0.3) is 22.6 Å². The molecular weight excluding hydrogens is 471 g/mol. The SMILES string of the molecule is N=C(N)C1CCCC1Cc1nc(-c2ccc(Cn3cc(-c4ccc(C(F)(F)F)cc4)nn3)cc2)no1. The minimum Gasteiger partial charge on any atom is -0.387 e. The van der Waals surface area contributed by atoms with Crippen molar-refractivity contribution in [3.8, 4) is 22.6 Å². The van der Waals surface area contributed by atoms with Crippen LogP contribution in [0.3, 0.4) is 0 Å². The van der Waals surface area contributed by atoms with Crippen molar-refractivity contribution in [2.75, 3.05) is 0 Å². The molecule has 0 amide bonds. The summed E-state index contributed by atoms with van der Waals surface area (Å²) >= 11 is 0. The summed E-state index contributed by atoms with van der Waals surface area (Å²) in [7, 11) is 0. The molecule has 1 aliphatic rings. The number of halogens is 3. The molecule has 2 atom stereocenters. The van der Waals surface area contributed by atoms with Gasteiger partial charge in [-0.25, -0.2) is 4.68 Å². The number of nitrogens with zero attached hydrogens (tertiary/aromatic N) is 5. The zero-order valence-corrected chi connectivity index (χ0v) is 19.2. The first kappa shape index (κ1) is 23.7. The number of nitrogens with two attached hydrogens (primary N) is 1. The fourth-order valence-corrected chi connectivity index (χ4v) is 4.65. The predicted octanol–water partition coefficient (Wildman–Crippen LogP) is 4.96. The van der Waals surface area contributed by atoms with Crippen molar-refractivity contribution in [3.05, 3.63) is 71.7 Å². The van der Waals surface area contributed by atoms with Crippen LogP contribution in [-0.2, 0) is 19.1 Å². The van der Waals surface area contributed by atoms with Gasteiger partial charge in [0, 0.05) is 23.5 Å². The number of alkyl halides is 3. The third-order valence-corrected chi connectivity index (χ3v) is 6.57. The van der Waals surface area contributed by atoms with E-state index in [0.717, 1.165) is 42.5 Å². The van der Waals surface area contributed by atoms with Crippen LogP contribution in [0.15, 0.2) is 59.3 Å². The van der Waals surface area contributed by atoms with E-state index < -0.39 is 11.7 Å². The molecule has 1 aliphatic carbocycles. The van der Waals surface area contributed by atoms with E-state index in [1.54, 1.807) is 10.9 Å². The molecule has 0 radical (unpaired) electrons. The van der Waals surface area contributed by atoms with Gasteiger partial charge >= 0.3 is 6.18 Å². The Hall–Kier alpha value is -4.02. The van der Waals surface area contributed by atoms with Gasteiger partial charge in [0.25, 0.3) is 0 Å². The lowest BCUT2D eigenvalue weighted by Gasteiger charge is -2.15. The maximum atomic E-state index is 12.8. The normalized spacial score (nSPS) is 18.0. The zero-order chi connectivity index (χ0) is 25.3. The molecule has 0 saturated heterocycles. The third-order valence-electron chi connectivity index (χ3n) is 6.57. The highest BCUT2D eigenvalue weighted by atomic mass is 19.4. The number of aromatic nitrogens is 5. The molecule has 2 unspecified atom stereocenters. The lowest BCUT2D eigenvalue weighted by atomic mass is 9.92. The van der Waals surface area contributed by atoms with Crippen LogP contribution in [0.1, 0.15) is 36.3 Å². The minimum absolute atomic E-state index is 0.0798. The second kappa shape index (κ2) is 9.56. The molecule has 3 N–H and O–H groups in total. The molecule has 2 heterocycles. The van der Waals surface area contributed by atoms with Gasteiger partial charge in [0.05, 0.1) is 24.1 Å².